The first-order chi connectivity index (χ1) is 9.13. The first-order valence-electron chi connectivity index (χ1n) is 6.73. The molecule has 1 aliphatic heterocycles. The summed E-state index contributed by atoms with van der Waals surface area (Å²) in [5.74, 6) is 0.296. The Labute approximate surface area is 117 Å². The maximum atomic E-state index is 11.8. The number of methoxy groups -OCH3 is 1. The Hall–Kier alpha value is -1.22. The van der Waals surface area contributed by atoms with E-state index >= 15 is 0 Å². The third-order valence-electron chi connectivity index (χ3n) is 4.13. The molecule has 3 nitrogen and oxygen atoms in total. The normalized spacial score (nSPS) is 19.9. The van der Waals surface area contributed by atoms with Crippen molar-refractivity contribution in [2.24, 2.45) is 0 Å². The van der Waals surface area contributed by atoms with Crippen LogP contribution in [0.4, 0.5) is 0 Å². The molecule has 19 heavy (non-hydrogen) atoms. The van der Waals surface area contributed by atoms with E-state index in [-0.39, 0.29) is 11.6 Å². The highest BCUT2D eigenvalue weighted by Crippen LogP contribution is 2.46. The molecule has 1 saturated carbocycles. The Bertz CT molecular complexity index is 518. The summed E-state index contributed by atoms with van der Waals surface area (Å²) in [5, 5.41) is 0.565. The Morgan fingerprint density at radius 3 is 2.74 bits per heavy atom. The molecular formula is C15H17ClO3. The molecule has 1 aromatic carbocycles. The number of carbonyl (C=O) groups excluding carboxylic acids is 1. The maximum absolute atomic E-state index is 11.8. The molecule has 1 fully saturated rings. The molecule has 3 rings (SSSR count). The molecule has 2 aliphatic rings. The molecule has 1 heterocycles. The van der Waals surface area contributed by atoms with Crippen LogP contribution >= 0.6 is 11.6 Å². The van der Waals surface area contributed by atoms with Gasteiger partial charge in [-0.3, -0.25) is 0 Å². The fraction of sp³-hybridized carbons (Fsp3) is 0.533. The van der Waals surface area contributed by atoms with Crippen molar-refractivity contribution in [2.45, 2.75) is 44.1 Å². The van der Waals surface area contributed by atoms with Crippen molar-refractivity contribution in [1.82, 2.24) is 0 Å². The van der Waals surface area contributed by atoms with Gasteiger partial charge in [-0.25, -0.2) is 4.79 Å². The highest BCUT2D eigenvalue weighted by Gasteiger charge is 2.42. The van der Waals surface area contributed by atoms with Gasteiger partial charge in [0, 0.05) is 17.0 Å². The van der Waals surface area contributed by atoms with Crippen LogP contribution in [-0.2, 0) is 11.2 Å². The molecule has 1 aromatic rings. The summed E-state index contributed by atoms with van der Waals surface area (Å²) in [5.41, 5.74) is 1.37. The van der Waals surface area contributed by atoms with Gasteiger partial charge < -0.3 is 9.47 Å². The van der Waals surface area contributed by atoms with E-state index in [0.29, 0.717) is 16.3 Å². The SMILES string of the molecule is COC(=O)c1cc(Cl)cc2c1OC1(CCCCC1)C2. The van der Waals surface area contributed by atoms with E-state index in [1.165, 1.54) is 26.4 Å². The molecule has 0 N–H and O–H groups in total. The van der Waals surface area contributed by atoms with E-state index in [1.54, 1.807) is 6.07 Å². The van der Waals surface area contributed by atoms with Crippen molar-refractivity contribution in [1.29, 1.82) is 0 Å². The number of carbonyl (C=O) groups is 1. The van der Waals surface area contributed by atoms with Crippen molar-refractivity contribution in [3.63, 3.8) is 0 Å². The van der Waals surface area contributed by atoms with Gasteiger partial charge in [-0.05, 0) is 37.8 Å². The number of hydrogen-bond donors (Lipinski definition) is 0. The zero-order chi connectivity index (χ0) is 13.5. The van der Waals surface area contributed by atoms with E-state index in [0.717, 1.165) is 24.8 Å². The Kier molecular flexibility index (Phi) is 3.17. The van der Waals surface area contributed by atoms with E-state index < -0.39 is 0 Å². The second-order valence-corrected chi connectivity index (χ2v) is 5.89. The second-order valence-electron chi connectivity index (χ2n) is 5.46. The van der Waals surface area contributed by atoms with Crippen LogP contribution in [0.2, 0.25) is 5.02 Å². The lowest BCUT2D eigenvalue weighted by Crippen LogP contribution is -2.36. The summed E-state index contributed by atoms with van der Waals surface area (Å²) in [6.45, 7) is 0. The van der Waals surface area contributed by atoms with Crippen LogP contribution in [0.3, 0.4) is 0 Å². The quantitative estimate of drug-likeness (QED) is 0.735. The molecule has 0 atom stereocenters. The first kappa shape index (κ1) is 12.8. The number of fused-ring (bicyclic) bond motifs is 1. The number of ether oxygens (including phenoxy) is 2. The van der Waals surface area contributed by atoms with Crippen LogP contribution in [0, 0.1) is 0 Å². The predicted molar refractivity (Wildman–Crippen MR) is 72.9 cm³/mol. The number of halogens is 1. The average molecular weight is 281 g/mol. The van der Waals surface area contributed by atoms with Crippen molar-refractivity contribution in [2.75, 3.05) is 7.11 Å². The smallest absolute Gasteiger partial charge is 0.341 e. The van der Waals surface area contributed by atoms with Crippen LogP contribution in [0.15, 0.2) is 12.1 Å². The van der Waals surface area contributed by atoms with Crippen LogP contribution in [-0.4, -0.2) is 18.7 Å². The number of esters is 1. The maximum Gasteiger partial charge on any atom is 0.341 e. The van der Waals surface area contributed by atoms with Gasteiger partial charge in [-0.15, -0.1) is 0 Å². The highest BCUT2D eigenvalue weighted by molar-refractivity contribution is 6.31. The monoisotopic (exact) mass is 280 g/mol. The number of rotatable bonds is 1. The fourth-order valence-electron chi connectivity index (χ4n) is 3.24. The van der Waals surface area contributed by atoms with Gasteiger partial charge in [0.2, 0.25) is 0 Å². The van der Waals surface area contributed by atoms with Gasteiger partial charge in [0.15, 0.2) is 0 Å². The Morgan fingerprint density at radius 2 is 2.05 bits per heavy atom. The summed E-state index contributed by atoms with van der Waals surface area (Å²) in [7, 11) is 1.38. The summed E-state index contributed by atoms with van der Waals surface area (Å²) >= 11 is 6.09. The fourth-order valence-corrected chi connectivity index (χ4v) is 3.48. The molecule has 0 aromatic heterocycles. The van der Waals surface area contributed by atoms with Crippen molar-refractivity contribution in [3.05, 3.63) is 28.3 Å². The molecule has 0 unspecified atom stereocenters. The highest BCUT2D eigenvalue weighted by atomic mass is 35.5. The van der Waals surface area contributed by atoms with E-state index in [2.05, 4.69) is 0 Å². The lowest BCUT2D eigenvalue weighted by atomic mass is 9.82. The minimum atomic E-state index is -0.383. The molecule has 4 heteroatoms. The third-order valence-corrected chi connectivity index (χ3v) is 4.35. The number of benzene rings is 1. The zero-order valence-corrected chi connectivity index (χ0v) is 11.8. The molecule has 1 spiro atoms. The third kappa shape index (κ3) is 2.20. The molecule has 1 aliphatic carbocycles. The minimum Gasteiger partial charge on any atom is -0.486 e. The van der Waals surface area contributed by atoms with Gasteiger partial charge >= 0.3 is 5.97 Å². The van der Waals surface area contributed by atoms with Crippen LogP contribution in [0.25, 0.3) is 0 Å². The van der Waals surface area contributed by atoms with Gasteiger partial charge in [-0.1, -0.05) is 18.0 Å². The Balaban J connectivity index is 2.00. The lowest BCUT2D eigenvalue weighted by Gasteiger charge is -2.32. The summed E-state index contributed by atoms with van der Waals surface area (Å²) < 4.78 is 11.0. The molecule has 0 bridgehead atoms. The van der Waals surface area contributed by atoms with Gasteiger partial charge in [0.05, 0.1) is 7.11 Å². The minimum absolute atomic E-state index is 0.117. The molecule has 0 amide bonds. The summed E-state index contributed by atoms with van der Waals surface area (Å²) in [6.07, 6.45) is 6.61. The predicted octanol–water partition coefficient (Wildman–Crippen LogP) is 3.76. The van der Waals surface area contributed by atoms with Gasteiger partial charge in [0.1, 0.15) is 16.9 Å². The molecule has 0 saturated heterocycles. The summed E-state index contributed by atoms with van der Waals surface area (Å²) in [6, 6.07) is 3.54. The van der Waals surface area contributed by atoms with Gasteiger partial charge in [-0.2, -0.15) is 0 Å². The lowest BCUT2D eigenvalue weighted by molar-refractivity contribution is 0.0475. The average Bonchev–Trinajstić information content (AvgIpc) is 2.75. The van der Waals surface area contributed by atoms with Crippen LogP contribution in [0.1, 0.15) is 48.0 Å². The van der Waals surface area contributed by atoms with E-state index in [1.807, 2.05) is 6.07 Å². The van der Waals surface area contributed by atoms with Crippen LogP contribution < -0.4 is 4.74 Å². The standard InChI is InChI=1S/C15H17ClO3/c1-18-14(17)12-8-11(16)7-10-9-15(19-13(10)12)5-3-2-4-6-15/h7-8H,2-6,9H2,1H3. The largest absolute Gasteiger partial charge is 0.486 e. The zero-order valence-electron chi connectivity index (χ0n) is 11.0. The Morgan fingerprint density at radius 1 is 1.32 bits per heavy atom. The van der Waals surface area contributed by atoms with Crippen molar-refractivity contribution < 1.29 is 14.3 Å². The van der Waals surface area contributed by atoms with Crippen molar-refractivity contribution in [3.8, 4) is 5.75 Å². The second kappa shape index (κ2) is 4.71. The first-order valence-corrected chi connectivity index (χ1v) is 7.11. The summed E-state index contributed by atoms with van der Waals surface area (Å²) in [4.78, 5) is 11.8. The molecule has 102 valence electrons. The van der Waals surface area contributed by atoms with Crippen LogP contribution in [0.5, 0.6) is 5.75 Å². The van der Waals surface area contributed by atoms with Crippen molar-refractivity contribution >= 4 is 17.6 Å². The number of hydrogen-bond acceptors (Lipinski definition) is 3. The van der Waals surface area contributed by atoms with E-state index in [9.17, 15) is 4.79 Å². The topological polar surface area (TPSA) is 35.5 Å². The molecule has 0 radical (unpaired) electrons. The van der Waals surface area contributed by atoms with Gasteiger partial charge in [0.25, 0.3) is 0 Å². The molecular weight excluding hydrogens is 264 g/mol. The van der Waals surface area contributed by atoms with E-state index in [4.69, 9.17) is 21.1 Å².